The van der Waals surface area contributed by atoms with Crippen LogP contribution in [0.25, 0.3) is 0 Å². The third-order valence-electron chi connectivity index (χ3n) is 2.63. The molecular weight excluding hydrogens is 416 g/mol. The van der Waals surface area contributed by atoms with Gasteiger partial charge in [0, 0.05) is 12.2 Å². The monoisotopic (exact) mass is 426 g/mol. The molecule has 0 bridgehead atoms. The van der Waals surface area contributed by atoms with Crippen molar-refractivity contribution in [1.29, 1.82) is 0 Å². The Kier molecular flexibility index (Phi) is 5.99. The minimum atomic E-state index is -5.58. The zero-order valence-corrected chi connectivity index (χ0v) is 14.8. The van der Waals surface area contributed by atoms with Gasteiger partial charge in [0.2, 0.25) is 0 Å². The van der Waals surface area contributed by atoms with E-state index in [0.29, 0.717) is 0 Å². The van der Waals surface area contributed by atoms with Crippen molar-refractivity contribution >= 4 is 48.8 Å². The molecule has 2 aliphatic rings. The number of hydrogen-bond acceptors (Lipinski definition) is 10. The Morgan fingerprint density at radius 2 is 1.62 bits per heavy atom. The number of phosphoric ester groups is 1. The molecule has 0 aromatic heterocycles. The van der Waals surface area contributed by atoms with Gasteiger partial charge in [-0.25, -0.2) is 13.7 Å². The summed E-state index contributed by atoms with van der Waals surface area (Å²) in [5.41, 5.74) is 0. The van der Waals surface area contributed by atoms with Crippen molar-refractivity contribution in [2.75, 3.05) is 6.61 Å². The maximum atomic E-state index is 11.6. The third-order valence-corrected chi connectivity index (χ3v) is 6.62. The van der Waals surface area contributed by atoms with Crippen LogP contribution >= 0.6 is 35.7 Å². The summed E-state index contributed by atoms with van der Waals surface area (Å²) in [6, 6.07) is -0.968. The highest BCUT2D eigenvalue weighted by Crippen LogP contribution is 2.66. The molecule has 13 nitrogen and oxygen atoms in total. The summed E-state index contributed by atoms with van der Waals surface area (Å²) in [4.78, 5) is 35.1. The number of phosphoric acid groups is 3. The van der Waals surface area contributed by atoms with Crippen LogP contribution in [0.1, 0.15) is 0 Å². The molecular formula is C6H10BO13P3S. The Morgan fingerprint density at radius 1 is 1.04 bits per heavy atom. The van der Waals surface area contributed by atoms with E-state index in [4.69, 9.17) is 36.7 Å². The summed E-state index contributed by atoms with van der Waals surface area (Å²) in [6.07, 6.45) is -2.65. The van der Waals surface area contributed by atoms with Gasteiger partial charge in [-0.1, -0.05) is 0 Å². The van der Waals surface area contributed by atoms with Crippen LogP contribution in [0.15, 0.2) is 0 Å². The van der Waals surface area contributed by atoms with E-state index >= 15 is 0 Å². The summed E-state index contributed by atoms with van der Waals surface area (Å²) in [6.45, 7) is -0.704. The molecule has 2 fully saturated rings. The maximum Gasteiger partial charge on any atom is 0.490 e. The van der Waals surface area contributed by atoms with Crippen molar-refractivity contribution < 1.29 is 60.6 Å². The molecule has 0 aromatic rings. The van der Waals surface area contributed by atoms with Crippen molar-refractivity contribution in [3.05, 3.63) is 0 Å². The lowest BCUT2D eigenvalue weighted by Crippen LogP contribution is -2.31. The third kappa shape index (κ3) is 5.56. The van der Waals surface area contributed by atoms with E-state index in [-0.39, 0.29) is 5.24 Å². The van der Waals surface area contributed by atoms with Crippen LogP contribution < -0.4 is 0 Å². The van der Waals surface area contributed by atoms with Gasteiger partial charge in [0.25, 0.3) is 0 Å². The average molecular weight is 426 g/mol. The first-order valence-electron chi connectivity index (χ1n) is 5.85. The number of rotatable bonds is 7. The highest BCUT2D eigenvalue weighted by Gasteiger charge is 2.51. The molecule has 24 heavy (non-hydrogen) atoms. The summed E-state index contributed by atoms with van der Waals surface area (Å²) in [5, 5.41) is -0.202. The minimum Gasteiger partial charge on any atom is -0.448 e. The van der Waals surface area contributed by atoms with E-state index < -0.39 is 54.4 Å². The molecule has 0 spiro atoms. The SMILES string of the molecule is [B]C1OC(COP(=O)(O)OP(=O)(O)OP(=O)(O)O)C2OC(=S)OC12. The lowest BCUT2D eigenvalue weighted by molar-refractivity contribution is -0.00373. The van der Waals surface area contributed by atoms with Crippen molar-refractivity contribution in [2.24, 2.45) is 0 Å². The zero-order valence-electron chi connectivity index (χ0n) is 11.3. The van der Waals surface area contributed by atoms with E-state index in [9.17, 15) is 18.6 Å². The molecule has 4 N–H and O–H groups in total. The largest absolute Gasteiger partial charge is 0.490 e. The molecule has 2 radical (unpaired) electrons. The van der Waals surface area contributed by atoms with E-state index in [1.165, 1.54) is 0 Å². The lowest BCUT2D eigenvalue weighted by Gasteiger charge is -2.19. The zero-order chi connectivity index (χ0) is 18.3. The fourth-order valence-corrected chi connectivity index (χ4v) is 5.14. The Hall–Kier alpha value is 0.125. The van der Waals surface area contributed by atoms with Gasteiger partial charge >= 0.3 is 28.7 Å². The molecule has 18 heteroatoms. The van der Waals surface area contributed by atoms with Gasteiger partial charge in [0.15, 0.2) is 12.2 Å². The van der Waals surface area contributed by atoms with Crippen LogP contribution in [0.5, 0.6) is 0 Å². The lowest BCUT2D eigenvalue weighted by atomic mass is 9.93. The molecule has 2 rings (SSSR count). The first-order chi connectivity index (χ1) is 10.8. The van der Waals surface area contributed by atoms with E-state index in [0.717, 1.165) is 0 Å². The molecule has 0 aromatic carbocycles. The Labute approximate surface area is 141 Å². The van der Waals surface area contributed by atoms with Crippen LogP contribution in [0.4, 0.5) is 0 Å². The van der Waals surface area contributed by atoms with Gasteiger partial charge in [-0.2, -0.15) is 8.62 Å². The second-order valence-corrected chi connectivity index (χ2v) is 9.19. The first kappa shape index (κ1) is 20.4. The fourth-order valence-electron chi connectivity index (χ4n) is 1.89. The second kappa shape index (κ2) is 7.03. The van der Waals surface area contributed by atoms with Crippen LogP contribution in [-0.2, 0) is 41.1 Å². The van der Waals surface area contributed by atoms with E-state index in [2.05, 4.69) is 25.4 Å². The summed E-state index contributed by atoms with van der Waals surface area (Å²) in [5.74, 6) is 0. The Balaban J connectivity index is 1.93. The number of thiocarbonyl (C=S) groups is 1. The number of fused-ring (bicyclic) bond motifs is 1. The van der Waals surface area contributed by atoms with Gasteiger partial charge in [0.05, 0.1) is 12.6 Å². The predicted octanol–water partition coefficient (Wildman–Crippen LogP) is -0.708. The molecule has 2 saturated heterocycles. The van der Waals surface area contributed by atoms with Crippen molar-refractivity contribution in [1.82, 2.24) is 0 Å². The molecule has 2 heterocycles. The van der Waals surface area contributed by atoms with Gasteiger partial charge in [-0.3, -0.25) is 4.52 Å². The van der Waals surface area contributed by atoms with Crippen LogP contribution in [-0.4, -0.2) is 63.6 Å². The quantitative estimate of drug-likeness (QED) is 0.227. The van der Waals surface area contributed by atoms with E-state index in [1.807, 2.05) is 0 Å². The highest BCUT2D eigenvalue weighted by molar-refractivity contribution is 7.79. The van der Waals surface area contributed by atoms with Gasteiger partial charge in [-0.05, 0) is 0 Å². The standard InChI is InChI=1S/C6H10BO13P3S/c7-5-4-3(17-6(24)18-4)2(16-5)1-15-22(11,12)20-23(13,14)19-21(8,9)10/h2-5H,1H2,(H,11,12)(H,13,14)(H2,8,9,10). The maximum absolute atomic E-state index is 11.6. The fraction of sp³-hybridized carbons (Fsp3) is 0.833. The molecule has 6 unspecified atom stereocenters. The Bertz CT molecular complexity index is 650. The molecule has 136 valence electrons. The highest BCUT2D eigenvalue weighted by atomic mass is 32.1. The second-order valence-electron chi connectivity index (χ2n) is 4.44. The smallest absolute Gasteiger partial charge is 0.448 e. The van der Waals surface area contributed by atoms with Crippen molar-refractivity contribution in [2.45, 2.75) is 24.3 Å². The van der Waals surface area contributed by atoms with Gasteiger partial charge < -0.3 is 33.8 Å². The molecule has 0 aliphatic carbocycles. The van der Waals surface area contributed by atoms with Crippen molar-refractivity contribution in [3.8, 4) is 0 Å². The van der Waals surface area contributed by atoms with Crippen LogP contribution in [0.3, 0.4) is 0 Å². The van der Waals surface area contributed by atoms with Gasteiger partial charge in [0.1, 0.15) is 14.0 Å². The Morgan fingerprint density at radius 3 is 2.21 bits per heavy atom. The molecule has 0 saturated carbocycles. The summed E-state index contributed by atoms with van der Waals surface area (Å²) >= 11 is 4.67. The minimum absolute atomic E-state index is 0.202. The summed E-state index contributed by atoms with van der Waals surface area (Å²) < 4.78 is 60.0. The topological polar surface area (TPSA) is 188 Å². The number of ether oxygens (including phenoxy) is 3. The summed E-state index contributed by atoms with van der Waals surface area (Å²) in [7, 11) is -10.7. The van der Waals surface area contributed by atoms with Crippen LogP contribution in [0, 0.1) is 0 Å². The van der Waals surface area contributed by atoms with Crippen LogP contribution in [0.2, 0.25) is 0 Å². The molecule has 0 amide bonds. The molecule has 2 aliphatic heterocycles. The molecule has 6 atom stereocenters. The average Bonchev–Trinajstić information content (AvgIpc) is 2.82. The van der Waals surface area contributed by atoms with Gasteiger partial charge in [-0.15, -0.1) is 0 Å². The van der Waals surface area contributed by atoms with Crippen molar-refractivity contribution in [3.63, 3.8) is 0 Å². The predicted molar refractivity (Wildman–Crippen MR) is 76.6 cm³/mol. The normalized spacial score (nSPS) is 34.8. The first-order valence-corrected chi connectivity index (χ1v) is 10.8. The van der Waals surface area contributed by atoms with E-state index in [1.54, 1.807) is 0 Å². The number of hydrogen-bond donors (Lipinski definition) is 4.